The van der Waals surface area contributed by atoms with Crippen molar-refractivity contribution in [1.29, 1.82) is 5.26 Å². The van der Waals surface area contributed by atoms with E-state index in [0.717, 1.165) is 29.8 Å². The summed E-state index contributed by atoms with van der Waals surface area (Å²) in [5.41, 5.74) is 1.93. The predicted octanol–water partition coefficient (Wildman–Crippen LogP) is 2.97. The molecular weight excluding hydrogens is 272 g/mol. The predicted molar refractivity (Wildman–Crippen MR) is 80.3 cm³/mol. The summed E-state index contributed by atoms with van der Waals surface area (Å²) < 4.78 is 0. The minimum Gasteiger partial charge on any atom is -0.481 e. The molecule has 0 unspecified atom stereocenters. The van der Waals surface area contributed by atoms with Gasteiger partial charge in [-0.2, -0.15) is 5.26 Å². The highest BCUT2D eigenvalue weighted by molar-refractivity contribution is 7.16. The second-order valence-corrected chi connectivity index (χ2v) is 5.96. The van der Waals surface area contributed by atoms with Crippen LogP contribution in [0.2, 0.25) is 0 Å². The molecule has 1 heterocycles. The molecule has 0 spiro atoms. The average molecular weight is 290 g/mol. The molecule has 1 aliphatic rings. The number of hydrogen-bond donors (Lipinski definition) is 1. The van der Waals surface area contributed by atoms with Crippen molar-refractivity contribution in [2.75, 3.05) is 18.0 Å². The SMILES string of the molecule is C=CCN(CCC(=O)O)c1sc2c(c1C#N)CCCC2. The van der Waals surface area contributed by atoms with Crippen molar-refractivity contribution in [3.8, 4) is 6.07 Å². The van der Waals surface area contributed by atoms with Gasteiger partial charge in [-0.3, -0.25) is 4.79 Å². The number of carbonyl (C=O) groups is 1. The molecular formula is C15H18N2O2S. The summed E-state index contributed by atoms with van der Waals surface area (Å²) in [7, 11) is 0. The first-order valence-electron chi connectivity index (χ1n) is 6.79. The van der Waals surface area contributed by atoms with Crippen LogP contribution in [0.3, 0.4) is 0 Å². The summed E-state index contributed by atoms with van der Waals surface area (Å²) in [6.45, 7) is 4.71. The maximum Gasteiger partial charge on any atom is 0.305 e. The normalized spacial score (nSPS) is 13.3. The molecule has 0 aromatic carbocycles. The Bertz CT molecular complexity index is 557. The fourth-order valence-electron chi connectivity index (χ4n) is 2.55. The van der Waals surface area contributed by atoms with E-state index in [1.165, 1.54) is 16.9 Å². The molecule has 1 N–H and O–H groups in total. The fourth-order valence-corrected chi connectivity index (χ4v) is 3.92. The maximum absolute atomic E-state index is 10.8. The molecule has 106 valence electrons. The second kappa shape index (κ2) is 6.58. The van der Waals surface area contributed by atoms with Crippen LogP contribution in [0.4, 0.5) is 5.00 Å². The monoisotopic (exact) mass is 290 g/mol. The van der Waals surface area contributed by atoms with Gasteiger partial charge in [-0.25, -0.2) is 0 Å². The van der Waals surface area contributed by atoms with Gasteiger partial charge in [0.25, 0.3) is 0 Å². The lowest BCUT2D eigenvalue weighted by atomic mass is 9.96. The Morgan fingerprint density at radius 3 is 2.90 bits per heavy atom. The van der Waals surface area contributed by atoms with Gasteiger partial charge in [0, 0.05) is 18.0 Å². The van der Waals surface area contributed by atoms with E-state index in [4.69, 9.17) is 5.11 Å². The number of nitriles is 1. The highest BCUT2D eigenvalue weighted by atomic mass is 32.1. The lowest BCUT2D eigenvalue weighted by Crippen LogP contribution is -2.26. The van der Waals surface area contributed by atoms with Gasteiger partial charge in [-0.1, -0.05) is 6.08 Å². The molecule has 0 aliphatic heterocycles. The molecule has 5 heteroatoms. The zero-order valence-corrected chi connectivity index (χ0v) is 12.2. The largest absolute Gasteiger partial charge is 0.481 e. The van der Waals surface area contributed by atoms with Gasteiger partial charge in [-0.15, -0.1) is 17.9 Å². The smallest absolute Gasteiger partial charge is 0.305 e. The number of nitrogens with zero attached hydrogens (tertiary/aromatic N) is 2. The highest BCUT2D eigenvalue weighted by Gasteiger charge is 2.23. The van der Waals surface area contributed by atoms with Gasteiger partial charge >= 0.3 is 5.97 Å². The number of carboxylic acid groups (broad SMARTS) is 1. The zero-order valence-electron chi connectivity index (χ0n) is 11.4. The first-order chi connectivity index (χ1) is 9.67. The van der Waals surface area contributed by atoms with Crippen LogP contribution < -0.4 is 4.90 Å². The molecule has 0 fully saturated rings. The minimum absolute atomic E-state index is 0.0707. The van der Waals surface area contributed by atoms with E-state index in [2.05, 4.69) is 12.6 Å². The third-order valence-electron chi connectivity index (χ3n) is 3.50. The zero-order chi connectivity index (χ0) is 14.5. The van der Waals surface area contributed by atoms with E-state index in [9.17, 15) is 10.1 Å². The lowest BCUT2D eigenvalue weighted by molar-refractivity contribution is -0.136. The molecule has 20 heavy (non-hydrogen) atoms. The third kappa shape index (κ3) is 3.02. The van der Waals surface area contributed by atoms with Crippen molar-refractivity contribution < 1.29 is 9.90 Å². The second-order valence-electron chi connectivity index (χ2n) is 4.88. The molecule has 0 saturated carbocycles. The number of thiophene rings is 1. The Hall–Kier alpha value is -1.80. The molecule has 1 aromatic rings. The van der Waals surface area contributed by atoms with Gasteiger partial charge < -0.3 is 10.0 Å². The van der Waals surface area contributed by atoms with E-state index in [-0.39, 0.29) is 6.42 Å². The van der Waals surface area contributed by atoms with Crippen LogP contribution in [0.1, 0.15) is 35.3 Å². The van der Waals surface area contributed by atoms with E-state index < -0.39 is 5.97 Å². The van der Waals surface area contributed by atoms with E-state index in [1.807, 2.05) is 4.90 Å². The molecule has 0 atom stereocenters. The van der Waals surface area contributed by atoms with Crippen LogP contribution in [0.15, 0.2) is 12.7 Å². The van der Waals surface area contributed by atoms with Crippen LogP contribution in [-0.4, -0.2) is 24.2 Å². The molecule has 0 amide bonds. The highest BCUT2D eigenvalue weighted by Crippen LogP contribution is 2.39. The Labute approximate surface area is 122 Å². The maximum atomic E-state index is 10.8. The fraction of sp³-hybridized carbons (Fsp3) is 0.467. The number of anilines is 1. The van der Waals surface area contributed by atoms with Crippen LogP contribution in [-0.2, 0) is 17.6 Å². The van der Waals surface area contributed by atoms with Crippen molar-refractivity contribution in [2.24, 2.45) is 0 Å². The average Bonchev–Trinajstić information content (AvgIpc) is 2.81. The quantitative estimate of drug-likeness (QED) is 0.818. The van der Waals surface area contributed by atoms with Crippen molar-refractivity contribution in [3.05, 3.63) is 28.7 Å². The topological polar surface area (TPSA) is 64.3 Å². The number of fused-ring (bicyclic) bond motifs is 1. The summed E-state index contributed by atoms with van der Waals surface area (Å²) in [6.07, 6.45) is 6.14. The summed E-state index contributed by atoms with van der Waals surface area (Å²) in [5, 5.41) is 19.2. The van der Waals surface area contributed by atoms with Gasteiger partial charge in [0.05, 0.1) is 12.0 Å². The summed E-state index contributed by atoms with van der Waals surface area (Å²) in [5.74, 6) is -0.820. The Morgan fingerprint density at radius 1 is 1.50 bits per heavy atom. The van der Waals surface area contributed by atoms with E-state index in [0.29, 0.717) is 13.1 Å². The first kappa shape index (κ1) is 14.6. The molecule has 2 rings (SSSR count). The van der Waals surface area contributed by atoms with Gasteiger partial charge in [0.2, 0.25) is 0 Å². The molecule has 0 radical (unpaired) electrons. The molecule has 0 bridgehead atoms. The van der Waals surface area contributed by atoms with Crippen LogP contribution in [0.25, 0.3) is 0 Å². The van der Waals surface area contributed by atoms with E-state index in [1.54, 1.807) is 17.4 Å². The number of carboxylic acids is 1. The third-order valence-corrected chi connectivity index (χ3v) is 4.85. The number of rotatable bonds is 6. The van der Waals surface area contributed by atoms with Crippen LogP contribution >= 0.6 is 11.3 Å². The molecule has 1 aliphatic carbocycles. The first-order valence-corrected chi connectivity index (χ1v) is 7.61. The Balaban J connectivity index is 2.32. The van der Waals surface area contributed by atoms with Crippen molar-refractivity contribution >= 4 is 22.3 Å². The van der Waals surface area contributed by atoms with Gasteiger partial charge in [0.1, 0.15) is 11.1 Å². The minimum atomic E-state index is -0.820. The van der Waals surface area contributed by atoms with Crippen molar-refractivity contribution in [3.63, 3.8) is 0 Å². The van der Waals surface area contributed by atoms with Crippen LogP contribution in [0.5, 0.6) is 0 Å². The summed E-state index contributed by atoms with van der Waals surface area (Å²) >= 11 is 1.65. The standard InChI is InChI=1S/C15H18N2O2S/c1-2-8-17(9-7-14(18)19)15-12(10-16)11-5-3-4-6-13(11)20-15/h2H,1,3-9H2,(H,18,19). The summed E-state index contributed by atoms with van der Waals surface area (Å²) in [4.78, 5) is 14.0. The summed E-state index contributed by atoms with van der Waals surface area (Å²) in [6, 6.07) is 2.32. The lowest BCUT2D eigenvalue weighted by Gasteiger charge is -2.21. The number of hydrogen-bond acceptors (Lipinski definition) is 4. The Kier molecular flexibility index (Phi) is 4.80. The number of aryl methyl sites for hydroxylation is 1. The molecule has 4 nitrogen and oxygen atoms in total. The van der Waals surface area contributed by atoms with Crippen molar-refractivity contribution in [1.82, 2.24) is 0 Å². The molecule has 0 saturated heterocycles. The van der Waals surface area contributed by atoms with Crippen LogP contribution in [0, 0.1) is 11.3 Å². The van der Waals surface area contributed by atoms with Gasteiger partial charge in [-0.05, 0) is 31.2 Å². The number of aliphatic carboxylic acids is 1. The van der Waals surface area contributed by atoms with Crippen molar-refractivity contribution in [2.45, 2.75) is 32.1 Å². The Morgan fingerprint density at radius 2 is 2.25 bits per heavy atom. The van der Waals surface area contributed by atoms with Gasteiger partial charge in [0.15, 0.2) is 0 Å². The van der Waals surface area contributed by atoms with E-state index >= 15 is 0 Å². The molecule has 1 aromatic heterocycles.